The average molecular weight is 227 g/mol. The number of halogens is 1. The van der Waals surface area contributed by atoms with Crippen molar-refractivity contribution in [2.24, 2.45) is 0 Å². The van der Waals surface area contributed by atoms with Gasteiger partial charge in [0.1, 0.15) is 7.38 Å². The SMILES string of the molecule is C[Si](C)(C)CCO.C[Si](C)(C)Cl. The van der Waals surface area contributed by atoms with Crippen LogP contribution in [-0.2, 0) is 0 Å². The summed E-state index contributed by atoms with van der Waals surface area (Å²) in [4.78, 5) is 0. The predicted molar refractivity (Wildman–Crippen MR) is 64.4 cm³/mol. The largest absolute Gasteiger partial charge is 0.397 e. The Balaban J connectivity index is 0. The van der Waals surface area contributed by atoms with Crippen LogP contribution in [0.3, 0.4) is 0 Å². The number of hydrogen-bond donors (Lipinski definition) is 1. The van der Waals surface area contributed by atoms with Crippen molar-refractivity contribution in [1.29, 1.82) is 0 Å². The van der Waals surface area contributed by atoms with Gasteiger partial charge in [-0.05, 0) is 6.04 Å². The molecule has 0 saturated heterocycles. The van der Waals surface area contributed by atoms with Crippen LogP contribution in [0.4, 0.5) is 0 Å². The van der Waals surface area contributed by atoms with Crippen LogP contribution in [0.25, 0.3) is 0 Å². The van der Waals surface area contributed by atoms with Gasteiger partial charge in [0.2, 0.25) is 0 Å². The molecular weight excluding hydrogens is 204 g/mol. The van der Waals surface area contributed by atoms with Crippen molar-refractivity contribution < 1.29 is 5.11 Å². The van der Waals surface area contributed by atoms with Crippen LogP contribution in [0, 0.1) is 0 Å². The van der Waals surface area contributed by atoms with E-state index >= 15 is 0 Å². The van der Waals surface area contributed by atoms with Crippen molar-refractivity contribution in [3.05, 3.63) is 0 Å². The fraction of sp³-hybridized carbons (Fsp3) is 1.00. The van der Waals surface area contributed by atoms with Crippen molar-refractivity contribution in [3.8, 4) is 0 Å². The van der Waals surface area contributed by atoms with Gasteiger partial charge in [-0.3, -0.25) is 0 Å². The van der Waals surface area contributed by atoms with Crippen molar-refractivity contribution >= 4 is 26.5 Å². The lowest BCUT2D eigenvalue weighted by Crippen LogP contribution is -2.20. The number of rotatable bonds is 2. The highest BCUT2D eigenvalue weighted by atomic mass is 35.6. The quantitative estimate of drug-likeness (QED) is 0.566. The fourth-order valence-corrected chi connectivity index (χ4v) is 1.01. The lowest BCUT2D eigenvalue weighted by Gasteiger charge is -2.11. The van der Waals surface area contributed by atoms with E-state index in [0.717, 1.165) is 6.04 Å². The predicted octanol–water partition coefficient (Wildman–Crippen LogP) is 3.38. The third-order valence-corrected chi connectivity index (χ3v) is 2.59. The van der Waals surface area contributed by atoms with Crippen molar-refractivity contribution in [2.75, 3.05) is 6.61 Å². The van der Waals surface area contributed by atoms with E-state index in [9.17, 15) is 0 Å². The summed E-state index contributed by atoms with van der Waals surface area (Å²) in [5.74, 6) is 0. The lowest BCUT2D eigenvalue weighted by molar-refractivity contribution is 0.316. The molecule has 0 heterocycles. The second-order valence-electron chi connectivity index (χ2n) is 5.10. The zero-order chi connectivity index (χ0) is 10.4. The molecule has 4 heteroatoms. The number of aliphatic hydroxyl groups is 1. The summed E-state index contributed by atoms with van der Waals surface area (Å²) in [5, 5.41) is 8.44. The number of aliphatic hydroxyl groups excluding tert-OH is 1. The minimum atomic E-state index is -1.14. The van der Waals surface area contributed by atoms with Gasteiger partial charge in [0.25, 0.3) is 0 Å². The molecule has 0 aromatic carbocycles. The van der Waals surface area contributed by atoms with Gasteiger partial charge in [-0.1, -0.05) is 39.3 Å². The monoisotopic (exact) mass is 226 g/mol. The van der Waals surface area contributed by atoms with Crippen LogP contribution < -0.4 is 0 Å². The fourth-order valence-electron chi connectivity index (χ4n) is 0.335. The lowest BCUT2D eigenvalue weighted by atomic mass is 10.9. The molecule has 0 amide bonds. The first kappa shape index (κ1) is 15.2. The second kappa shape index (κ2) is 6.19. The van der Waals surface area contributed by atoms with Crippen LogP contribution >= 0.6 is 11.1 Å². The third-order valence-electron chi connectivity index (χ3n) is 0.862. The third kappa shape index (κ3) is 45.7. The highest BCUT2D eigenvalue weighted by molar-refractivity contribution is 7.18. The van der Waals surface area contributed by atoms with Crippen molar-refractivity contribution in [3.63, 3.8) is 0 Å². The molecule has 0 fully saturated rings. The molecule has 0 rings (SSSR count). The first-order chi connectivity index (χ1) is 5.06. The van der Waals surface area contributed by atoms with E-state index in [2.05, 4.69) is 39.3 Å². The Kier molecular flexibility index (Phi) is 7.82. The highest BCUT2D eigenvalue weighted by Gasteiger charge is 2.10. The van der Waals surface area contributed by atoms with E-state index < -0.39 is 15.5 Å². The molecule has 76 valence electrons. The van der Waals surface area contributed by atoms with Crippen molar-refractivity contribution in [2.45, 2.75) is 45.3 Å². The smallest absolute Gasteiger partial charge is 0.147 e. The molecule has 0 atom stereocenters. The normalized spacial score (nSPS) is 12.0. The molecule has 0 aliphatic rings. The first-order valence-corrected chi connectivity index (χ1v) is 12.6. The van der Waals surface area contributed by atoms with Gasteiger partial charge in [-0.25, -0.2) is 0 Å². The Morgan fingerprint density at radius 1 is 1.00 bits per heavy atom. The van der Waals surface area contributed by atoms with Crippen LogP contribution in [0.1, 0.15) is 0 Å². The summed E-state index contributed by atoms with van der Waals surface area (Å²) in [7, 11) is -2.05. The summed E-state index contributed by atoms with van der Waals surface area (Å²) in [6, 6.07) is 1.03. The van der Waals surface area contributed by atoms with E-state index in [1.165, 1.54) is 0 Å². The maximum absolute atomic E-state index is 8.44. The topological polar surface area (TPSA) is 20.2 Å². The molecule has 0 bridgehead atoms. The van der Waals surface area contributed by atoms with Gasteiger partial charge in [0.05, 0.1) is 0 Å². The summed E-state index contributed by atoms with van der Waals surface area (Å²) >= 11 is 5.67. The van der Waals surface area contributed by atoms with E-state index in [-0.39, 0.29) is 0 Å². The van der Waals surface area contributed by atoms with Crippen LogP contribution in [0.5, 0.6) is 0 Å². The van der Waals surface area contributed by atoms with E-state index in [1.807, 2.05) is 0 Å². The molecule has 0 unspecified atom stereocenters. The Labute approximate surface area is 83.9 Å². The highest BCUT2D eigenvalue weighted by Crippen LogP contribution is 2.05. The van der Waals surface area contributed by atoms with Gasteiger partial charge in [0, 0.05) is 14.7 Å². The Hall–Kier alpha value is 0.684. The Morgan fingerprint density at radius 3 is 1.25 bits per heavy atom. The molecule has 0 radical (unpaired) electrons. The summed E-state index contributed by atoms with van der Waals surface area (Å²) < 4.78 is 0. The summed E-state index contributed by atoms with van der Waals surface area (Å²) in [6.07, 6.45) is 0. The molecule has 0 aromatic heterocycles. The van der Waals surface area contributed by atoms with Crippen LogP contribution in [0.15, 0.2) is 0 Å². The maximum Gasteiger partial charge on any atom is 0.147 e. The first-order valence-electron chi connectivity index (χ1n) is 4.36. The Morgan fingerprint density at radius 2 is 1.25 bits per heavy atom. The standard InChI is InChI=1S/C5H14OSi.C3H9ClSi/c1-7(2,3)5-4-6;1-5(2,3)4/h6H,4-5H2,1-3H3;1-3H3. The zero-order valence-electron chi connectivity index (χ0n) is 9.24. The molecule has 0 aromatic rings. The molecule has 1 nitrogen and oxygen atoms in total. The maximum atomic E-state index is 8.44. The van der Waals surface area contributed by atoms with E-state index in [4.69, 9.17) is 16.2 Å². The summed E-state index contributed by atoms with van der Waals surface area (Å²) in [5.41, 5.74) is 0. The van der Waals surface area contributed by atoms with Crippen LogP contribution in [0.2, 0.25) is 45.3 Å². The zero-order valence-corrected chi connectivity index (χ0v) is 12.0. The molecule has 0 spiro atoms. The minimum absolute atomic E-state index is 0.371. The molecule has 0 aliphatic heterocycles. The molecular formula is C8H23ClOSi2. The van der Waals surface area contributed by atoms with E-state index in [0.29, 0.717) is 6.61 Å². The van der Waals surface area contributed by atoms with E-state index in [1.54, 1.807) is 0 Å². The second-order valence-corrected chi connectivity index (χ2v) is 18.3. The molecule has 12 heavy (non-hydrogen) atoms. The van der Waals surface area contributed by atoms with Gasteiger partial charge < -0.3 is 5.11 Å². The molecule has 0 saturated carbocycles. The average Bonchev–Trinajstić information content (AvgIpc) is 1.54. The summed E-state index contributed by atoms with van der Waals surface area (Å²) in [6.45, 7) is 13.4. The van der Waals surface area contributed by atoms with Crippen LogP contribution in [-0.4, -0.2) is 27.2 Å². The van der Waals surface area contributed by atoms with Gasteiger partial charge >= 0.3 is 0 Å². The van der Waals surface area contributed by atoms with Gasteiger partial charge in [-0.2, -0.15) is 11.1 Å². The van der Waals surface area contributed by atoms with Gasteiger partial charge in [-0.15, -0.1) is 0 Å². The number of hydrogen-bond acceptors (Lipinski definition) is 1. The molecule has 0 aliphatic carbocycles. The minimum Gasteiger partial charge on any atom is -0.397 e. The molecule has 1 N–H and O–H groups in total. The van der Waals surface area contributed by atoms with Crippen molar-refractivity contribution in [1.82, 2.24) is 0 Å². The van der Waals surface area contributed by atoms with Gasteiger partial charge in [0.15, 0.2) is 0 Å². The Bertz CT molecular complexity index is 98.6.